The minimum Gasteiger partial charge on any atom is -0.388 e. The molecule has 1 heterocycles. The van der Waals surface area contributed by atoms with E-state index in [4.69, 9.17) is 9.47 Å². The number of ether oxygens (including phenoxy) is 2. The van der Waals surface area contributed by atoms with Crippen LogP contribution in [-0.4, -0.2) is 58.4 Å². The zero-order valence-corrected chi connectivity index (χ0v) is 10.9. The second kappa shape index (κ2) is 7.56. The lowest BCUT2D eigenvalue weighted by atomic mass is 10.0. The van der Waals surface area contributed by atoms with Crippen molar-refractivity contribution in [3.8, 4) is 0 Å². The van der Waals surface area contributed by atoms with Gasteiger partial charge in [0.15, 0.2) is 6.29 Å². The summed E-state index contributed by atoms with van der Waals surface area (Å²) in [5.41, 5.74) is 0. The number of aliphatic hydroxyl groups is 3. The Morgan fingerprint density at radius 2 is 1.76 bits per heavy atom. The molecule has 0 aromatic carbocycles. The van der Waals surface area contributed by atoms with Gasteiger partial charge in [0.2, 0.25) is 0 Å². The van der Waals surface area contributed by atoms with Crippen molar-refractivity contribution >= 4 is 12.6 Å². The van der Waals surface area contributed by atoms with E-state index < -0.39 is 30.7 Å². The van der Waals surface area contributed by atoms with E-state index in [0.717, 1.165) is 25.0 Å². The summed E-state index contributed by atoms with van der Waals surface area (Å²) in [6, 6.07) is 0. The molecule has 0 aliphatic carbocycles. The van der Waals surface area contributed by atoms with Gasteiger partial charge in [-0.2, -0.15) is 12.6 Å². The number of hydrogen-bond donors (Lipinski definition) is 4. The lowest BCUT2D eigenvalue weighted by Crippen LogP contribution is -2.57. The van der Waals surface area contributed by atoms with Crippen LogP contribution in [0.3, 0.4) is 0 Å². The summed E-state index contributed by atoms with van der Waals surface area (Å²) in [7, 11) is 0. The van der Waals surface area contributed by atoms with E-state index in [9.17, 15) is 15.3 Å². The molecule has 0 amide bonds. The highest BCUT2D eigenvalue weighted by atomic mass is 32.1. The van der Waals surface area contributed by atoms with Gasteiger partial charge in [-0.3, -0.25) is 0 Å². The predicted molar refractivity (Wildman–Crippen MR) is 66.0 cm³/mol. The van der Waals surface area contributed by atoms with Crippen LogP contribution in [0, 0.1) is 0 Å². The van der Waals surface area contributed by atoms with E-state index in [0.29, 0.717) is 6.61 Å². The molecular weight excluding hydrogens is 244 g/mol. The molecule has 0 aromatic rings. The summed E-state index contributed by atoms with van der Waals surface area (Å²) in [5.74, 6) is 0.852. The van der Waals surface area contributed by atoms with Crippen molar-refractivity contribution in [1.82, 2.24) is 0 Å². The SMILES string of the molecule is C[C@@H]1O[C@@H](OCCCCCS)[C@H](O)[C@H](O)[C@H]1O. The van der Waals surface area contributed by atoms with E-state index in [2.05, 4.69) is 12.6 Å². The number of thiol groups is 1. The van der Waals surface area contributed by atoms with Crippen molar-refractivity contribution in [1.29, 1.82) is 0 Å². The number of unbranched alkanes of at least 4 members (excludes halogenated alkanes) is 2. The molecule has 0 aromatic heterocycles. The first-order valence-corrected chi connectivity index (χ1v) is 6.63. The maximum Gasteiger partial charge on any atom is 0.186 e. The maximum atomic E-state index is 9.66. The normalized spacial score (nSPS) is 38.3. The molecule has 0 unspecified atom stereocenters. The Bertz CT molecular complexity index is 216. The van der Waals surface area contributed by atoms with Gasteiger partial charge in [-0.1, -0.05) is 6.42 Å². The van der Waals surface area contributed by atoms with E-state index in [1.807, 2.05) is 0 Å². The largest absolute Gasteiger partial charge is 0.388 e. The number of hydrogen-bond acceptors (Lipinski definition) is 6. The lowest BCUT2D eigenvalue weighted by molar-refractivity contribution is -0.293. The van der Waals surface area contributed by atoms with Crippen molar-refractivity contribution in [3.63, 3.8) is 0 Å². The van der Waals surface area contributed by atoms with Crippen molar-refractivity contribution < 1.29 is 24.8 Å². The van der Waals surface area contributed by atoms with Crippen molar-refractivity contribution in [2.45, 2.75) is 56.9 Å². The molecule has 0 saturated carbocycles. The Morgan fingerprint density at radius 1 is 1.06 bits per heavy atom. The van der Waals surface area contributed by atoms with Crippen molar-refractivity contribution in [2.24, 2.45) is 0 Å². The third kappa shape index (κ3) is 4.39. The highest BCUT2D eigenvalue weighted by Gasteiger charge is 2.42. The van der Waals surface area contributed by atoms with Crippen LogP contribution in [0.1, 0.15) is 26.2 Å². The Hall–Kier alpha value is 0.150. The first-order chi connectivity index (χ1) is 8.07. The number of aliphatic hydroxyl groups excluding tert-OH is 3. The molecule has 1 fully saturated rings. The van der Waals surface area contributed by atoms with Gasteiger partial charge in [0.25, 0.3) is 0 Å². The molecular formula is C11H22O5S. The van der Waals surface area contributed by atoms with Crippen LogP contribution in [0.4, 0.5) is 0 Å². The monoisotopic (exact) mass is 266 g/mol. The summed E-state index contributed by atoms with van der Waals surface area (Å²) in [6.07, 6.45) is -2.01. The zero-order chi connectivity index (χ0) is 12.8. The molecule has 5 nitrogen and oxygen atoms in total. The molecule has 0 bridgehead atoms. The van der Waals surface area contributed by atoms with E-state index in [-0.39, 0.29) is 0 Å². The van der Waals surface area contributed by atoms with E-state index >= 15 is 0 Å². The Balaban J connectivity index is 2.28. The fourth-order valence-corrected chi connectivity index (χ4v) is 1.96. The highest BCUT2D eigenvalue weighted by Crippen LogP contribution is 2.21. The molecule has 6 heteroatoms. The van der Waals surface area contributed by atoms with Gasteiger partial charge in [-0.05, 0) is 25.5 Å². The van der Waals surface area contributed by atoms with Crippen LogP contribution in [-0.2, 0) is 9.47 Å². The van der Waals surface area contributed by atoms with Gasteiger partial charge in [0.05, 0.1) is 6.10 Å². The second-order valence-electron chi connectivity index (χ2n) is 4.34. The van der Waals surface area contributed by atoms with Gasteiger partial charge >= 0.3 is 0 Å². The molecule has 1 rings (SSSR count). The standard InChI is InChI=1S/C11H22O5S/c1-7-8(12)9(13)10(14)11(16-7)15-5-3-2-4-6-17/h7-14,17H,2-6H2,1H3/t7-,8-,9+,10+,11+/m0/s1. The first-order valence-electron chi connectivity index (χ1n) is 6.00. The Labute approximate surface area is 107 Å². The van der Waals surface area contributed by atoms with Gasteiger partial charge < -0.3 is 24.8 Å². The molecule has 17 heavy (non-hydrogen) atoms. The predicted octanol–water partition coefficient (Wildman–Crippen LogP) is -0.0694. The van der Waals surface area contributed by atoms with Crippen LogP contribution in [0.25, 0.3) is 0 Å². The topological polar surface area (TPSA) is 79.2 Å². The minimum atomic E-state index is -1.22. The summed E-state index contributed by atoms with van der Waals surface area (Å²) in [6.45, 7) is 2.10. The minimum absolute atomic E-state index is 0.463. The summed E-state index contributed by atoms with van der Waals surface area (Å²) < 4.78 is 10.7. The Morgan fingerprint density at radius 3 is 2.41 bits per heavy atom. The van der Waals surface area contributed by atoms with Gasteiger partial charge in [-0.15, -0.1) is 0 Å². The molecule has 0 radical (unpaired) electrons. The van der Waals surface area contributed by atoms with Crippen LogP contribution in [0.2, 0.25) is 0 Å². The van der Waals surface area contributed by atoms with Crippen LogP contribution >= 0.6 is 12.6 Å². The molecule has 0 spiro atoms. The fourth-order valence-electron chi connectivity index (χ4n) is 1.74. The zero-order valence-electron chi connectivity index (χ0n) is 10.0. The van der Waals surface area contributed by atoms with Gasteiger partial charge in [-0.25, -0.2) is 0 Å². The second-order valence-corrected chi connectivity index (χ2v) is 4.78. The fraction of sp³-hybridized carbons (Fsp3) is 1.00. The molecule has 3 N–H and O–H groups in total. The molecule has 1 aliphatic heterocycles. The van der Waals surface area contributed by atoms with Crippen LogP contribution in [0.15, 0.2) is 0 Å². The van der Waals surface area contributed by atoms with Gasteiger partial charge in [0, 0.05) is 6.61 Å². The Kier molecular flexibility index (Phi) is 6.76. The van der Waals surface area contributed by atoms with E-state index in [1.54, 1.807) is 6.92 Å². The molecule has 1 saturated heterocycles. The van der Waals surface area contributed by atoms with Crippen molar-refractivity contribution in [2.75, 3.05) is 12.4 Å². The average Bonchev–Trinajstić information content (AvgIpc) is 2.32. The third-order valence-electron chi connectivity index (χ3n) is 2.89. The maximum absolute atomic E-state index is 9.66. The average molecular weight is 266 g/mol. The summed E-state index contributed by atoms with van der Waals surface area (Å²) >= 11 is 4.11. The first kappa shape index (κ1) is 15.2. The van der Waals surface area contributed by atoms with Crippen LogP contribution < -0.4 is 0 Å². The lowest BCUT2D eigenvalue weighted by Gasteiger charge is -2.38. The summed E-state index contributed by atoms with van der Waals surface area (Å²) in [4.78, 5) is 0. The molecule has 5 atom stereocenters. The highest BCUT2D eigenvalue weighted by molar-refractivity contribution is 7.80. The third-order valence-corrected chi connectivity index (χ3v) is 3.21. The van der Waals surface area contributed by atoms with Crippen molar-refractivity contribution in [3.05, 3.63) is 0 Å². The smallest absolute Gasteiger partial charge is 0.186 e. The molecule has 102 valence electrons. The van der Waals surface area contributed by atoms with Crippen LogP contribution in [0.5, 0.6) is 0 Å². The summed E-state index contributed by atoms with van der Waals surface area (Å²) in [5, 5.41) is 28.7. The van der Waals surface area contributed by atoms with E-state index in [1.165, 1.54) is 0 Å². The quantitative estimate of drug-likeness (QED) is 0.400. The molecule has 1 aliphatic rings. The van der Waals surface area contributed by atoms with Gasteiger partial charge in [0.1, 0.15) is 18.3 Å². The number of rotatable bonds is 6.